The number of aliphatic imine (C=N–C) groups is 1. The van der Waals surface area contributed by atoms with Crippen LogP contribution in [0.4, 0.5) is 0 Å². The van der Waals surface area contributed by atoms with Gasteiger partial charge in [-0.05, 0) is 32.1 Å². The molecule has 1 aliphatic heterocycles. The Bertz CT molecular complexity index is 557. The molecule has 1 heterocycles. The standard InChI is InChI=1S/C26H47N3O2/c1-2-3-4-5-6-7-8-9-10-11-12-13-14-15-16-17-18-19-25-28-21-23-29(25,22-20-27)24-26(30)31/h10-11,21,23H,2-9,12-20,22,24,27H2,1H3/b11-10+. The molecule has 2 N–H and O–H groups in total. The van der Waals surface area contributed by atoms with E-state index in [1.54, 1.807) is 6.20 Å². The number of aliphatic carboxylic acids is 1. The van der Waals surface area contributed by atoms with Crippen LogP contribution in [0.1, 0.15) is 110 Å². The third kappa shape index (κ3) is 12.9. The van der Waals surface area contributed by atoms with Crippen LogP contribution in [0.3, 0.4) is 0 Å². The lowest BCUT2D eigenvalue weighted by atomic mass is 10.1. The number of hydrogen-bond donors (Lipinski definition) is 1. The summed E-state index contributed by atoms with van der Waals surface area (Å²) in [6.07, 6.45) is 28.6. The summed E-state index contributed by atoms with van der Waals surface area (Å²) in [6, 6.07) is 0. The predicted octanol–water partition coefficient (Wildman–Crippen LogP) is 5.21. The monoisotopic (exact) mass is 433 g/mol. The van der Waals surface area contributed by atoms with Crippen molar-refractivity contribution in [2.45, 2.75) is 110 Å². The molecule has 0 fully saturated rings. The third-order valence-electron chi connectivity index (χ3n) is 6.19. The molecule has 1 aliphatic rings. The van der Waals surface area contributed by atoms with E-state index in [2.05, 4.69) is 24.1 Å². The van der Waals surface area contributed by atoms with Crippen LogP contribution in [0, 0.1) is 0 Å². The van der Waals surface area contributed by atoms with E-state index in [0.717, 1.165) is 18.7 Å². The Labute approximate surface area is 191 Å². The fraction of sp³-hybridized carbons (Fsp3) is 0.769. The maximum atomic E-state index is 11.2. The zero-order valence-electron chi connectivity index (χ0n) is 20.0. The van der Waals surface area contributed by atoms with Crippen LogP contribution in [0.15, 0.2) is 29.5 Å². The first kappa shape index (κ1) is 27.6. The summed E-state index contributed by atoms with van der Waals surface area (Å²) < 4.78 is 0.240. The van der Waals surface area contributed by atoms with Crippen molar-refractivity contribution in [2.24, 2.45) is 10.7 Å². The van der Waals surface area contributed by atoms with Crippen molar-refractivity contribution in [2.75, 3.05) is 19.6 Å². The van der Waals surface area contributed by atoms with E-state index >= 15 is 0 Å². The van der Waals surface area contributed by atoms with E-state index in [-0.39, 0.29) is 11.0 Å². The third-order valence-corrected chi connectivity index (χ3v) is 6.19. The molecule has 0 aromatic heterocycles. The van der Waals surface area contributed by atoms with Gasteiger partial charge in [0.15, 0.2) is 0 Å². The fourth-order valence-corrected chi connectivity index (χ4v) is 4.33. The van der Waals surface area contributed by atoms with Crippen molar-refractivity contribution in [3.05, 3.63) is 24.6 Å². The van der Waals surface area contributed by atoms with Gasteiger partial charge < -0.3 is 15.6 Å². The van der Waals surface area contributed by atoms with Gasteiger partial charge in [-0.2, -0.15) is 0 Å². The molecule has 0 saturated heterocycles. The maximum absolute atomic E-state index is 11.2. The Morgan fingerprint density at radius 3 is 2.03 bits per heavy atom. The number of amidine groups is 1. The van der Waals surface area contributed by atoms with E-state index in [0.29, 0.717) is 13.1 Å². The highest BCUT2D eigenvalue weighted by Gasteiger charge is 2.34. The van der Waals surface area contributed by atoms with Gasteiger partial charge in [0.2, 0.25) is 5.84 Å². The second-order valence-corrected chi connectivity index (χ2v) is 8.96. The molecular weight excluding hydrogens is 386 g/mol. The molecule has 0 aromatic rings. The smallest absolute Gasteiger partial charge is 0.207 e. The second-order valence-electron chi connectivity index (χ2n) is 8.96. The van der Waals surface area contributed by atoms with Gasteiger partial charge in [0.05, 0.1) is 12.2 Å². The molecule has 5 heteroatoms. The second kappa shape index (κ2) is 18.1. The van der Waals surface area contributed by atoms with E-state index in [4.69, 9.17) is 5.73 Å². The van der Waals surface area contributed by atoms with Crippen molar-refractivity contribution < 1.29 is 14.4 Å². The zero-order valence-corrected chi connectivity index (χ0v) is 20.0. The Kier molecular flexibility index (Phi) is 16.1. The number of carbonyl (C=O) groups is 1. The molecule has 1 atom stereocenters. The van der Waals surface area contributed by atoms with Gasteiger partial charge in [0.25, 0.3) is 0 Å². The van der Waals surface area contributed by atoms with E-state index < -0.39 is 5.97 Å². The summed E-state index contributed by atoms with van der Waals surface area (Å²) in [7, 11) is 0. The first-order chi connectivity index (χ1) is 15.1. The first-order valence-electron chi connectivity index (χ1n) is 12.8. The largest absolute Gasteiger partial charge is 0.544 e. The van der Waals surface area contributed by atoms with Gasteiger partial charge in [-0.15, -0.1) is 0 Å². The van der Waals surface area contributed by atoms with Crippen molar-refractivity contribution in [1.82, 2.24) is 0 Å². The summed E-state index contributed by atoms with van der Waals surface area (Å²) in [5.41, 5.74) is 5.70. The summed E-state index contributed by atoms with van der Waals surface area (Å²) in [5.74, 6) is -0.134. The molecule has 0 radical (unpaired) electrons. The number of nitrogens with two attached hydrogens (primary N) is 1. The predicted molar refractivity (Wildman–Crippen MR) is 129 cm³/mol. The summed E-state index contributed by atoms with van der Waals surface area (Å²) >= 11 is 0. The Morgan fingerprint density at radius 1 is 0.935 bits per heavy atom. The van der Waals surface area contributed by atoms with Crippen molar-refractivity contribution in [3.8, 4) is 0 Å². The molecule has 0 amide bonds. The van der Waals surface area contributed by atoms with Crippen LogP contribution >= 0.6 is 0 Å². The molecule has 5 nitrogen and oxygen atoms in total. The van der Waals surface area contributed by atoms with Crippen LogP contribution in [0.2, 0.25) is 0 Å². The topological polar surface area (TPSA) is 78.5 Å². The number of carboxylic acids is 1. The van der Waals surface area contributed by atoms with Gasteiger partial charge in [-0.3, -0.25) is 0 Å². The average molecular weight is 434 g/mol. The number of allylic oxidation sites excluding steroid dienone is 2. The van der Waals surface area contributed by atoms with E-state index in [9.17, 15) is 9.90 Å². The normalized spacial score (nSPS) is 18.2. The highest BCUT2D eigenvalue weighted by atomic mass is 16.4. The average Bonchev–Trinajstić information content (AvgIpc) is 3.11. The van der Waals surface area contributed by atoms with Crippen molar-refractivity contribution in [3.63, 3.8) is 0 Å². The Balaban J connectivity index is 1.98. The van der Waals surface area contributed by atoms with Gasteiger partial charge in [0, 0.05) is 13.0 Å². The van der Waals surface area contributed by atoms with Crippen LogP contribution in [0.5, 0.6) is 0 Å². The minimum absolute atomic E-state index is 0.0704. The summed E-state index contributed by atoms with van der Waals surface area (Å²) in [6.45, 7) is 3.20. The van der Waals surface area contributed by atoms with Crippen LogP contribution in [-0.2, 0) is 4.79 Å². The van der Waals surface area contributed by atoms with Gasteiger partial charge in [-0.1, -0.05) is 83.3 Å². The minimum Gasteiger partial charge on any atom is -0.544 e. The highest BCUT2D eigenvalue weighted by Crippen LogP contribution is 2.21. The van der Waals surface area contributed by atoms with Crippen LogP contribution in [0.25, 0.3) is 0 Å². The Hall–Kier alpha value is -1.46. The molecule has 0 spiro atoms. The van der Waals surface area contributed by atoms with Crippen LogP contribution in [-0.4, -0.2) is 35.9 Å². The number of unbranched alkanes of at least 4 members (excludes halogenated alkanes) is 13. The van der Waals surface area contributed by atoms with Gasteiger partial charge in [-0.25, -0.2) is 9.48 Å². The quantitative estimate of drug-likeness (QED) is 0.153. The number of carboxylic acid groups (broad SMARTS) is 1. The maximum Gasteiger partial charge on any atom is 0.207 e. The van der Waals surface area contributed by atoms with E-state index in [1.807, 2.05) is 6.20 Å². The molecule has 0 aliphatic carbocycles. The molecule has 31 heavy (non-hydrogen) atoms. The lowest BCUT2D eigenvalue weighted by Crippen LogP contribution is -2.55. The zero-order chi connectivity index (χ0) is 22.6. The number of hydrogen-bond acceptors (Lipinski definition) is 4. The molecule has 178 valence electrons. The van der Waals surface area contributed by atoms with Crippen LogP contribution < -0.4 is 10.8 Å². The van der Waals surface area contributed by atoms with Crippen molar-refractivity contribution >= 4 is 11.8 Å². The fourth-order valence-electron chi connectivity index (χ4n) is 4.33. The lowest BCUT2D eigenvalue weighted by Gasteiger charge is -2.32. The van der Waals surface area contributed by atoms with Gasteiger partial charge in [0.1, 0.15) is 19.3 Å². The SMILES string of the molecule is CCCCCCCCC/C=C/CCCCCCCCC1=NC=C[N+]1(CCN)CC(=O)[O-]. The van der Waals surface area contributed by atoms with Gasteiger partial charge >= 0.3 is 0 Å². The number of rotatable bonds is 21. The molecule has 0 bridgehead atoms. The van der Waals surface area contributed by atoms with Crippen molar-refractivity contribution in [1.29, 1.82) is 0 Å². The molecule has 0 aromatic carbocycles. The Morgan fingerprint density at radius 2 is 1.48 bits per heavy atom. The molecular formula is C26H47N3O2. The molecule has 1 unspecified atom stereocenters. The number of nitrogens with zero attached hydrogens (tertiary/aromatic N) is 2. The first-order valence-corrected chi connectivity index (χ1v) is 12.8. The minimum atomic E-state index is -1.05. The molecule has 1 rings (SSSR count). The molecule has 0 saturated carbocycles. The number of quaternary nitrogens is 1. The lowest BCUT2D eigenvalue weighted by molar-refractivity contribution is -0.780. The van der Waals surface area contributed by atoms with E-state index in [1.165, 1.54) is 89.9 Å². The summed E-state index contributed by atoms with van der Waals surface area (Å²) in [4.78, 5) is 15.6. The number of carbonyl (C=O) groups excluding carboxylic acids is 1. The summed E-state index contributed by atoms with van der Waals surface area (Å²) in [5, 5.41) is 11.2. The highest BCUT2D eigenvalue weighted by molar-refractivity contribution is 5.80.